The number of rotatable bonds is 6. The third kappa shape index (κ3) is 3.60. The van der Waals surface area contributed by atoms with Gasteiger partial charge in [0.25, 0.3) is 0 Å². The summed E-state index contributed by atoms with van der Waals surface area (Å²) in [5.41, 5.74) is 1.05. The van der Waals surface area contributed by atoms with Crippen molar-refractivity contribution in [2.75, 3.05) is 18.5 Å². The maximum atomic E-state index is 11.2. The third-order valence-corrected chi connectivity index (χ3v) is 3.18. The molecule has 1 rings (SSSR count). The van der Waals surface area contributed by atoms with Gasteiger partial charge in [0, 0.05) is 18.1 Å². The van der Waals surface area contributed by atoms with Crippen LogP contribution in [0.4, 0.5) is 5.69 Å². The van der Waals surface area contributed by atoms with Crippen LogP contribution >= 0.6 is 15.9 Å². The third-order valence-electron chi connectivity index (χ3n) is 2.52. The average molecular weight is 298 g/mol. The molecule has 0 unspecified atom stereocenters. The number of allylic oxidation sites excluding steroid dienone is 1. The number of carboxylic acid groups (broad SMARTS) is 1. The maximum absolute atomic E-state index is 11.2. The molecule has 0 aliphatic carbocycles. The Bertz CT molecular complexity index is 418. The van der Waals surface area contributed by atoms with Crippen LogP contribution in [0.25, 0.3) is 0 Å². The standard InChI is InChI=1S/C13H16BrNO2/c1-3-4-5-9-15(2)11-8-6-7-10(14)12(11)13(16)17/h3,6-8H,1,4-5,9H2,2H3,(H,16,17). The number of carboxylic acids is 1. The van der Waals surface area contributed by atoms with Gasteiger partial charge >= 0.3 is 5.97 Å². The molecule has 0 bridgehead atoms. The van der Waals surface area contributed by atoms with Gasteiger partial charge < -0.3 is 10.0 Å². The zero-order valence-corrected chi connectivity index (χ0v) is 11.4. The maximum Gasteiger partial charge on any atom is 0.338 e. The van der Waals surface area contributed by atoms with Crippen molar-refractivity contribution < 1.29 is 9.90 Å². The molecule has 0 radical (unpaired) electrons. The minimum atomic E-state index is -0.914. The quantitative estimate of drug-likeness (QED) is 0.645. The molecule has 1 aromatic carbocycles. The lowest BCUT2D eigenvalue weighted by molar-refractivity contribution is 0.0696. The molecule has 0 saturated heterocycles. The van der Waals surface area contributed by atoms with Crippen LogP contribution in [0.3, 0.4) is 0 Å². The second kappa shape index (κ2) is 6.45. The first kappa shape index (κ1) is 13.8. The van der Waals surface area contributed by atoms with Gasteiger partial charge in [0.2, 0.25) is 0 Å². The van der Waals surface area contributed by atoms with Crippen LogP contribution in [0.15, 0.2) is 35.3 Å². The average Bonchev–Trinajstić information content (AvgIpc) is 2.28. The van der Waals surface area contributed by atoms with Crippen molar-refractivity contribution in [3.05, 3.63) is 40.9 Å². The Morgan fingerprint density at radius 1 is 1.59 bits per heavy atom. The van der Waals surface area contributed by atoms with Gasteiger partial charge in [0.1, 0.15) is 0 Å². The molecule has 1 N–H and O–H groups in total. The summed E-state index contributed by atoms with van der Waals surface area (Å²) in [7, 11) is 1.90. The highest BCUT2D eigenvalue weighted by Crippen LogP contribution is 2.27. The molecule has 3 nitrogen and oxygen atoms in total. The minimum absolute atomic E-state index is 0.314. The fourth-order valence-electron chi connectivity index (χ4n) is 1.64. The monoisotopic (exact) mass is 297 g/mol. The zero-order chi connectivity index (χ0) is 12.8. The van der Waals surface area contributed by atoms with Crippen molar-refractivity contribution in [1.29, 1.82) is 0 Å². The summed E-state index contributed by atoms with van der Waals surface area (Å²) >= 11 is 3.27. The van der Waals surface area contributed by atoms with Gasteiger partial charge in [-0.05, 0) is 40.9 Å². The highest BCUT2D eigenvalue weighted by atomic mass is 79.9. The minimum Gasteiger partial charge on any atom is -0.478 e. The number of nitrogens with zero attached hydrogens (tertiary/aromatic N) is 1. The van der Waals surface area contributed by atoms with E-state index in [-0.39, 0.29) is 0 Å². The van der Waals surface area contributed by atoms with Crippen molar-refractivity contribution in [3.63, 3.8) is 0 Å². The topological polar surface area (TPSA) is 40.5 Å². The van der Waals surface area contributed by atoms with Crippen LogP contribution in [0.1, 0.15) is 23.2 Å². The second-order valence-corrected chi connectivity index (χ2v) is 4.65. The Balaban J connectivity index is 2.92. The Hall–Kier alpha value is -1.29. The second-order valence-electron chi connectivity index (χ2n) is 3.79. The van der Waals surface area contributed by atoms with Gasteiger partial charge in [-0.1, -0.05) is 12.1 Å². The lowest BCUT2D eigenvalue weighted by atomic mass is 10.1. The van der Waals surface area contributed by atoms with E-state index in [4.69, 9.17) is 0 Å². The van der Waals surface area contributed by atoms with E-state index >= 15 is 0 Å². The molecular weight excluding hydrogens is 282 g/mol. The number of aromatic carboxylic acids is 1. The van der Waals surface area contributed by atoms with Crippen molar-refractivity contribution >= 4 is 27.6 Å². The number of benzene rings is 1. The van der Waals surface area contributed by atoms with Crippen molar-refractivity contribution in [3.8, 4) is 0 Å². The molecule has 0 aliphatic rings. The first-order valence-electron chi connectivity index (χ1n) is 5.41. The van der Waals surface area contributed by atoms with E-state index < -0.39 is 5.97 Å². The Kier molecular flexibility index (Phi) is 5.22. The highest BCUT2D eigenvalue weighted by Gasteiger charge is 2.16. The molecule has 17 heavy (non-hydrogen) atoms. The molecule has 0 heterocycles. The van der Waals surface area contributed by atoms with Gasteiger partial charge in [0.05, 0.1) is 11.3 Å². The summed E-state index contributed by atoms with van der Waals surface area (Å²) in [4.78, 5) is 13.2. The first-order valence-corrected chi connectivity index (χ1v) is 6.21. The molecule has 0 amide bonds. The molecule has 0 fully saturated rings. The van der Waals surface area contributed by atoms with E-state index in [0.29, 0.717) is 10.0 Å². The summed E-state index contributed by atoms with van der Waals surface area (Å²) in [6.07, 6.45) is 3.76. The van der Waals surface area contributed by atoms with Crippen LogP contribution in [0.5, 0.6) is 0 Å². The molecule has 0 saturated carbocycles. The number of anilines is 1. The molecular formula is C13H16BrNO2. The molecule has 4 heteroatoms. The lowest BCUT2D eigenvalue weighted by Crippen LogP contribution is -2.21. The first-order chi connectivity index (χ1) is 8.07. The lowest BCUT2D eigenvalue weighted by Gasteiger charge is -2.21. The van der Waals surface area contributed by atoms with Gasteiger partial charge in [-0.15, -0.1) is 6.58 Å². The Labute approximate surface area is 110 Å². The molecule has 0 aliphatic heterocycles. The van der Waals surface area contributed by atoms with Gasteiger partial charge in [-0.2, -0.15) is 0 Å². The molecule has 0 aromatic heterocycles. The highest BCUT2D eigenvalue weighted by molar-refractivity contribution is 9.10. The molecule has 0 spiro atoms. The molecule has 92 valence electrons. The number of halogens is 1. The van der Waals surface area contributed by atoms with Gasteiger partial charge in [-0.25, -0.2) is 4.79 Å². The van der Waals surface area contributed by atoms with E-state index in [2.05, 4.69) is 22.5 Å². The summed E-state index contributed by atoms with van der Waals surface area (Å²) in [5, 5.41) is 9.19. The van der Waals surface area contributed by atoms with Crippen molar-refractivity contribution in [1.82, 2.24) is 0 Å². The Morgan fingerprint density at radius 3 is 2.88 bits per heavy atom. The summed E-state index contributed by atoms with van der Waals surface area (Å²) in [6, 6.07) is 5.41. The Morgan fingerprint density at radius 2 is 2.29 bits per heavy atom. The summed E-state index contributed by atoms with van der Waals surface area (Å²) in [5.74, 6) is -0.914. The summed E-state index contributed by atoms with van der Waals surface area (Å²) < 4.78 is 0.609. The van der Waals surface area contributed by atoms with Gasteiger partial charge in [0.15, 0.2) is 0 Å². The van der Waals surface area contributed by atoms with E-state index in [1.807, 2.05) is 30.2 Å². The molecule has 1 aromatic rings. The van der Waals surface area contributed by atoms with Crippen molar-refractivity contribution in [2.45, 2.75) is 12.8 Å². The fraction of sp³-hybridized carbons (Fsp3) is 0.308. The van der Waals surface area contributed by atoms with E-state index in [1.165, 1.54) is 0 Å². The van der Waals surface area contributed by atoms with Crippen LogP contribution in [0, 0.1) is 0 Å². The fourth-order valence-corrected chi connectivity index (χ4v) is 2.16. The predicted octanol–water partition coefficient (Wildman–Crippen LogP) is 3.55. The van der Waals surface area contributed by atoms with Crippen LogP contribution < -0.4 is 4.90 Å². The van der Waals surface area contributed by atoms with E-state index in [0.717, 1.165) is 25.1 Å². The number of hydrogen-bond acceptors (Lipinski definition) is 2. The molecule has 0 atom stereocenters. The number of hydrogen-bond donors (Lipinski definition) is 1. The smallest absolute Gasteiger partial charge is 0.338 e. The SMILES string of the molecule is C=CCCCN(C)c1cccc(Br)c1C(=O)O. The van der Waals surface area contributed by atoms with E-state index in [1.54, 1.807) is 6.07 Å². The van der Waals surface area contributed by atoms with E-state index in [9.17, 15) is 9.90 Å². The number of unbranched alkanes of at least 4 members (excludes halogenated alkanes) is 1. The zero-order valence-electron chi connectivity index (χ0n) is 9.82. The largest absolute Gasteiger partial charge is 0.478 e. The van der Waals surface area contributed by atoms with Crippen LogP contribution in [0.2, 0.25) is 0 Å². The van der Waals surface area contributed by atoms with Crippen LogP contribution in [-0.4, -0.2) is 24.7 Å². The number of carbonyl (C=O) groups is 1. The van der Waals surface area contributed by atoms with Gasteiger partial charge in [-0.3, -0.25) is 0 Å². The summed E-state index contributed by atoms with van der Waals surface area (Å²) in [6.45, 7) is 4.48. The normalized spacial score (nSPS) is 10.0. The van der Waals surface area contributed by atoms with Crippen LogP contribution in [-0.2, 0) is 0 Å². The predicted molar refractivity (Wildman–Crippen MR) is 73.8 cm³/mol. The van der Waals surface area contributed by atoms with Crippen molar-refractivity contribution in [2.24, 2.45) is 0 Å².